The number of aliphatic hydroxyl groups excluding tert-OH is 2. The molecule has 1 aliphatic heterocycles. The van der Waals surface area contributed by atoms with Crippen LogP contribution in [0.5, 0.6) is 11.5 Å². The van der Waals surface area contributed by atoms with Gasteiger partial charge in [-0.1, -0.05) is 6.07 Å². The number of ether oxygens (including phenoxy) is 3. The molecule has 1 aliphatic rings. The molecule has 1 aromatic rings. The molecule has 7 heteroatoms. The fourth-order valence-corrected chi connectivity index (χ4v) is 2.81. The Morgan fingerprint density at radius 3 is 2.64 bits per heavy atom. The molecule has 1 fully saturated rings. The van der Waals surface area contributed by atoms with Crippen LogP contribution in [0, 0.1) is 0 Å². The monoisotopic (exact) mass is 351 g/mol. The van der Waals surface area contributed by atoms with Gasteiger partial charge in [0.1, 0.15) is 12.2 Å². The van der Waals surface area contributed by atoms with Gasteiger partial charge in [-0.2, -0.15) is 0 Å². The molecule has 0 spiro atoms. The Bertz CT molecular complexity index is 618. The number of carbonyl (C=O) groups is 1. The van der Waals surface area contributed by atoms with E-state index in [0.29, 0.717) is 18.0 Å². The molecule has 0 aliphatic carbocycles. The van der Waals surface area contributed by atoms with Gasteiger partial charge in [-0.25, -0.2) is 0 Å². The topological polar surface area (TPSA) is 88.5 Å². The standard InChI is InChI=1S/C18H25NO6/c1-4-19(13-10-25-11-14(20)18(13)22)17(21)8-6-12-5-7-15(23-2)16(9-12)24-3/h5-9,13-14,18,20,22H,4,10-11H2,1-3H3/b8-6+/t13-,14-,18+/m1/s1. The highest BCUT2D eigenvalue weighted by Gasteiger charge is 2.36. The van der Waals surface area contributed by atoms with Gasteiger partial charge in [0.25, 0.3) is 0 Å². The number of amides is 1. The van der Waals surface area contributed by atoms with Gasteiger partial charge in [0.2, 0.25) is 5.91 Å². The van der Waals surface area contributed by atoms with Crippen molar-refractivity contribution in [3.63, 3.8) is 0 Å². The lowest BCUT2D eigenvalue weighted by molar-refractivity contribution is -0.151. The van der Waals surface area contributed by atoms with E-state index in [1.165, 1.54) is 11.0 Å². The molecule has 2 rings (SSSR count). The van der Waals surface area contributed by atoms with Crippen LogP contribution >= 0.6 is 0 Å². The van der Waals surface area contributed by atoms with Gasteiger partial charge in [-0.05, 0) is 30.7 Å². The van der Waals surface area contributed by atoms with E-state index in [9.17, 15) is 15.0 Å². The summed E-state index contributed by atoms with van der Waals surface area (Å²) in [5.74, 6) is 0.917. The molecule has 1 heterocycles. The van der Waals surface area contributed by atoms with Crippen molar-refractivity contribution in [1.82, 2.24) is 4.90 Å². The molecule has 1 aromatic carbocycles. The lowest BCUT2D eigenvalue weighted by atomic mass is 10.0. The second-order valence-electron chi connectivity index (χ2n) is 5.73. The highest BCUT2D eigenvalue weighted by Crippen LogP contribution is 2.28. The Labute approximate surface area is 147 Å². The Morgan fingerprint density at radius 2 is 2.00 bits per heavy atom. The van der Waals surface area contributed by atoms with Crippen LogP contribution in [0.1, 0.15) is 12.5 Å². The predicted octanol–water partition coefficient (Wildman–Crippen LogP) is 0.686. The largest absolute Gasteiger partial charge is 0.493 e. The summed E-state index contributed by atoms with van der Waals surface area (Å²) in [6.45, 7) is 2.48. The second-order valence-corrected chi connectivity index (χ2v) is 5.73. The van der Waals surface area contributed by atoms with Gasteiger partial charge in [-0.3, -0.25) is 4.79 Å². The number of methoxy groups -OCH3 is 2. The molecule has 0 saturated carbocycles. The number of nitrogens with zero attached hydrogens (tertiary/aromatic N) is 1. The number of carbonyl (C=O) groups excluding carboxylic acids is 1. The summed E-state index contributed by atoms with van der Waals surface area (Å²) in [5.41, 5.74) is 0.780. The van der Waals surface area contributed by atoms with E-state index < -0.39 is 18.2 Å². The fraction of sp³-hybridized carbons (Fsp3) is 0.500. The smallest absolute Gasteiger partial charge is 0.246 e. The quantitative estimate of drug-likeness (QED) is 0.733. The van der Waals surface area contributed by atoms with E-state index in [4.69, 9.17) is 14.2 Å². The van der Waals surface area contributed by atoms with Gasteiger partial charge in [-0.15, -0.1) is 0 Å². The molecule has 25 heavy (non-hydrogen) atoms. The first-order valence-electron chi connectivity index (χ1n) is 8.16. The summed E-state index contributed by atoms with van der Waals surface area (Å²) in [6, 6.07) is 4.76. The van der Waals surface area contributed by atoms with E-state index in [-0.39, 0.29) is 19.1 Å². The van der Waals surface area contributed by atoms with Gasteiger partial charge in [0.15, 0.2) is 11.5 Å². The van der Waals surface area contributed by atoms with Crippen molar-refractivity contribution in [2.45, 2.75) is 25.2 Å². The molecule has 1 saturated heterocycles. The van der Waals surface area contributed by atoms with Crippen LogP contribution in [0.4, 0.5) is 0 Å². The average molecular weight is 351 g/mol. The van der Waals surface area contributed by atoms with E-state index >= 15 is 0 Å². The number of likely N-dealkylation sites (N-methyl/N-ethyl adjacent to an activating group) is 1. The first-order chi connectivity index (χ1) is 12.0. The molecular formula is C18H25NO6. The third-order valence-corrected chi connectivity index (χ3v) is 4.22. The zero-order chi connectivity index (χ0) is 18.4. The summed E-state index contributed by atoms with van der Waals surface area (Å²) in [6.07, 6.45) is 1.08. The molecule has 3 atom stereocenters. The molecule has 7 nitrogen and oxygen atoms in total. The van der Waals surface area contributed by atoms with E-state index in [2.05, 4.69) is 0 Å². The number of rotatable bonds is 6. The van der Waals surface area contributed by atoms with Gasteiger partial charge in [0.05, 0.1) is 33.5 Å². The van der Waals surface area contributed by atoms with Crippen molar-refractivity contribution >= 4 is 12.0 Å². The summed E-state index contributed by atoms with van der Waals surface area (Å²) in [7, 11) is 3.10. The number of aliphatic hydroxyl groups is 2. The molecule has 0 radical (unpaired) electrons. The summed E-state index contributed by atoms with van der Waals surface area (Å²) in [5, 5.41) is 19.9. The molecule has 0 unspecified atom stereocenters. The molecule has 0 aromatic heterocycles. The van der Waals surface area contributed by atoms with Crippen molar-refractivity contribution in [2.75, 3.05) is 34.0 Å². The minimum atomic E-state index is -1.02. The lowest BCUT2D eigenvalue weighted by Gasteiger charge is -2.38. The third-order valence-electron chi connectivity index (χ3n) is 4.22. The van der Waals surface area contributed by atoms with E-state index in [1.807, 2.05) is 13.0 Å². The SMILES string of the molecule is CCN(C(=O)/C=C/c1ccc(OC)c(OC)c1)[C@@H]1COC[C@@H](O)[C@H]1O. The van der Waals surface area contributed by atoms with Crippen LogP contribution in [-0.2, 0) is 9.53 Å². The average Bonchev–Trinajstić information content (AvgIpc) is 2.63. The van der Waals surface area contributed by atoms with Crippen LogP contribution in [-0.4, -0.2) is 73.2 Å². The Kier molecular flexibility index (Phi) is 6.81. The first kappa shape index (κ1) is 19.2. The summed E-state index contributed by atoms with van der Waals surface area (Å²) < 4.78 is 15.7. The van der Waals surface area contributed by atoms with Crippen molar-refractivity contribution in [2.24, 2.45) is 0 Å². The van der Waals surface area contributed by atoms with E-state index in [0.717, 1.165) is 5.56 Å². The third kappa shape index (κ3) is 4.50. The summed E-state index contributed by atoms with van der Waals surface area (Å²) >= 11 is 0. The zero-order valence-electron chi connectivity index (χ0n) is 14.7. The molecular weight excluding hydrogens is 326 g/mol. The Morgan fingerprint density at radius 1 is 1.28 bits per heavy atom. The lowest BCUT2D eigenvalue weighted by Crippen LogP contribution is -2.57. The van der Waals surface area contributed by atoms with Gasteiger partial charge < -0.3 is 29.3 Å². The van der Waals surface area contributed by atoms with Crippen molar-refractivity contribution < 1.29 is 29.2 Å². The Balaban J connectivity index is 2.12. The second kappa shape index (κ2) is 8.84. The summed E-state index contributed by atoms with van der Waals surface area (Å²) in [4.78, 5) is 14.0. The number of benzene rings is 1. The van der Waals surface area contributed by atoms with Crippen LogP contribution in [0.2, 0.25) is 0 Å². The number of hydrogen-bond acceptors (Lipinski definition) is 6. The van der Waals surface area contributed by atoms with Gasteiger partial charge in [0, 0.05) is 12.6 Å². The van der Waals surface area contributed by atoms with Crippen LogP contribution in [0.3, 0.4) is 0 Å². The first-order valence-corrected chi connectivity index (χ1v) is 8.16. The Hall–Kier alpha value is -2.09. The maximum absolute atomic E-state index is 12.5. The fourth-order valence-electron chi connectivity index (χ4n) is 2.81. The normalized spacial score (nSPS) is 23.5. The van der Waals surface area contributed by atoms with E-state index in [1.54, 1.807) is 32.4 Å². The minimum absolute atomic E-state index is 0.0743. The van der Waals surface area contributed by atoms with Crippen molar-refractivity contribution in [3.8, 4) is 11.5 Å². The van der Waals surface area contributed by atoms with Crippen molar-refractivity contribution in [1.29, 1.82) is 0 Å². The van der Waals surface area contributed by atoms with Crippen molar-refractivity contribution in [3.05, 3.63) is 29.8 Å². The minimum Gasteiger partial charge on any atom is -0.493 e. The molecule has 0 bridgehead atoms. The molecule has 1 amide bonds. The van der Waals surface area contributed by atoms with Crippen LogP contribution < -0.4 is 9.47 Å². The molecule has 138 valence electrons. The molecule has 2 N–H and O–H groups in total. The highest BCUT2D eigenvalue weighted by molar-refractivity contribution is 5.92. The zero-order valence-corrected chi connectivity index (χ0v) is 14.7. The van der Waals surface area contributed by atoms with Gasteiger partial charge >= 0.3 is 0 Å². The number of hydrogen-bond donors (Lipinski definition) is 2. The van der Waals surface area contributed by atoms with Crippen LogP contribution in [0.15, 0.2) is 24.3 Å². The predicted molar refractivity (Wildman–Crippen MR) is 92.6 cm³/mol. The highest BCUT2D eigenvalue weighted by atomic mass is 16.5. The van der Waals surface area contributed by atoms with Crippen LogP contribution in [0.25, 0.3) is 6.08 Å². The maximum atomic E-state index is 12.5. The maximum Gasteiger partial charge on any atom is 0.246 e.